The smallest absolute Gasteiger partial charge is 0.319 e. The molecule has 3 N–H and O–H groups in total. The van der Waals surface area contributed by atoms with Crippen LogP contribution >= 0.6 is 0 Å². The van der Waals surface area contributed by atoms with Crippen LogP contribution in [0.1, 0.15) is 13.8 Å². The number of carbonyl (C=O) groups excluding carboxylic acids is 1. The van der Waals surface area contributed by atoms with Gasteiger partial charge in [-0.2, -0.15) is 0 Å². The van der Waals surface area contributed by atoms with Crippen molar-refractivity contribution in [2.24, 2.45) is 5.41 Å². The number of para-hydroxylation sites is 1. The summed E-state index contributed by atoms with van der Waals surface area (Å²) in [5, 5.41) is 14.0. The highest BCUT2D eigenvalue weighted by atomic mass is 19.1. The lowest BCUT2D eigenvalue weighted by Crippen LogP contribution is -2.38. The summed E-state index contributed by atoms with van der Waals surface area (Å²) < 4.78 is 13.2. The molecule has 1 aromatic carbocycles. The summed E-state index contributed by atoms with van der Waals surface area (Å²) in [5.41, 5.74) is -0.265. The van der Waals surface area contributed by atoms with Crippen LogP contribution in [-0.2, 0) is 0 Å². The van der Waals surface area contributed by atoms with Crippen LogP contribution in [0.3, 0.4) is 0 Å². The number of rotatable bonds is 4. The van der Waals surface area contributed by atoms with Gasteiger partial charge in [-0.05, 0) is 12.1 Å². The van der Waals surface area contributed by atoms with Crippen LogP contribution in [0.4, 0.5) is 14.9 Å². The van der Waals surface area contributed by atoms with Crippen molar-refractivity contribution in [3.05, 3.63) is 30.1 Å². The number of hydrogen-bond donors (Lipinski definition) is 3. The first-order valence-corrected chi connectivity index (χ1v) is 5.35. The largest absolute Gasteiger partial charge is 0.396 e. The molecule has 0 spiro atoms. The van der Waals surface area contributed by atoms with Gasteiger partial charge in [-0.1, -0.05) is 26.0 Å². The summed E-state index contributed by atoms with van der Waals surface area (Å²) in [6.45, 7) is 3.91. The molecular formula is C12H17FN2O2. The fraction of sp³-hybridized carbons (Fsp3) is 0.417. The molecule has 4 nitrogen and oxygen atoms in total. The Kier molecular flexibility index (Phi) is 4.45. The van der Waals surface area contributed by atoms with Gasteiger partial charge in [-0.3, -0.25) is 0 Å². The van der Waals surface area contributed by atoms with Crippen molar-refractivity contribution in [2.45, 2.75) is 13.8 Å². The van der Waals surface area contributed by atoms with Gasteiger partial charge in [0.2, 0.25) is 0 Å². The van der Waals surface area contributed by atoms with Crippen molar-refractivity contribution in [1.29, 1.82) is 0 Å². The second kappa shape index (κ2) is 5.63. The number of aliphatic hydroxyl groups is 1. The number of anilines is 1. The van der Waals surface area contributed by atoms with E-state index in [4.69, 9.17) is 5.11 Å². The van der Waals surface area contributed by atoms with Crippen LogP contribution in [0.2, 0.25) is 0 Å². The second-order valence-electron chi connectivity index (χ2n) is 4.61. The summed E-state index contributed by atoms with van der Waals surface area (Å²) in [7, 11) is 0. The Balaban J connectivity index is 2.48. The molecule has 0 atom stereocenters. The summed E-state index contributed by atoms with van der Waals surface area (Å²) >= 11 is 0. The summed E-state index contributed by atoms with van der Waals surface area (Å²) in [6, 6.07) is 5.44. The lowest BCUT2D eigenvalue weighted by Gasteiger charge is -2.21. The summed E-state index contributed by atoms with van der Waals surface area (Å²) in [4.78, 5) is 11.5. The zero-order chi connectivity index (χ0) is 12.9. The van der Waals surface area contributed by atoms with Gasteiger partial charge in [0, 0.05) is 18.6 Å². The highest BCUT2D eigenvalue weighted by molar-refractivity contribution is 5.89. The molecule has 0 aliphatic carbocycles. The van der Waals surface area contributed by atoms with Crippen molar-refractivity contribution in [2.75, 3.05) is 18.5 Å². The van der Waals surface area contributed by atoms with Gasteiger partial charge in [-0.25, -0.2) is 9.18 Å². The first-order chi connectivity index (χ1) is 7.94. The van der Waals surface area contributed by atoms with Crippen molar-refractivity contribution >= 4 is 11.7 Å². The fourth-order valence-corrected chi connectivity index (χ4v) is 1.10. The number of nitrogens with one attached hydrogen (secondary N) is 2. The molecule has 1 aromatic rings. The first-order valence-electron chi connectivity index (χ1n) is 5.35. The van der Waals surface area contributed by atoms with Crippen molar-refractivity contribution < 1.29 is 14.3 Å². The number of halogens is 1. The standard InChI is InChI=1S/C12H17FN2O2/c1-12(2,8-16)7-14-11(17)15-10-6-4-3-5-9(10)13/h3-6,16H,7-8H2,1-2H3,(H2,14,15,17). The molecule has 0 radical (unpaired) electrons. The average molecular weight is 240 g/mol. The van der Waals surface area contributed by atoms with E-state index in [0.717, 1.165) is 0 Å². The molecule has 0 heterocycles. The van der Waals surface area contributed by atoms with Crippen molar-refractivity contribution in [1.82, 2.24) is 5.32 Å². The van der Waals surface area contributed by atoms with Crippen LogP contribution in [-0.4, -0.2) is 24.3 Å². The number of aliphatic hydroxyl groups excluding tert-OH is 1. The minimum Gasteiger partial charge on any atom is -0.396 e. The van der Waals surface area contributed by atoms with E-state index in [1.165, 1.54) is 12.1 Å². The summed E-state index contributed by atoms with van der Waals surface area (Å²) in [6.07, 6.45) is 0. The zero-order valence-electron chi connectivity index (χ0n) is 9.96. The van der Waals surface area contributed by atoms with Gasteiger partial charge in [0.15, 0.2) is 0 Å². The normalized spacial score (nSPS) is 11.1. The predicted octanol–water partition coefficient (Wildman–Crippen LogP) is 1.97. The van der Waals surface area contributed by atoms with E-state index in [1.54, 1.807) is 12.1 Å². The molecule has 2 amide bonds. The van der Waals surface area contributed by atoms with E-state index in [0.29, 0.717) is 6.54 Å². The minimum atomic E-state index is -0.489. The molecule has 0 saturated heterocycles. The topological polar surface area (TPSA) is 61.4 Å². The van der Waals surface area contributed by atoms with E-state index >= 15 is 0 Å². The highest BCUT2D eigenvalue weighted by Gasteiger charge is 2.17. The Morgan fingerprint density at radius 3 is 2.65 bits per heavy atom. The van der Waals surface area contributed by atoms with Crippen molar-refractivity contribution in [3.8, 4) is 0 Å². The average Bonchev–Trinajstić information content (AvgIpc) is 2.30. The maximum atomic E-state index is 13.2. The summed E-state index contributed by atoms with van der Waals surface area (Å²) in [5.74, 6) is -0.482. The molecule has 0 unspecified atom stereocenters. The molecule has 0 aliphatic rings. The number of carbonyl (C=O) groups is 1. The third-order valence-corrected chi connectivity index (χ3v) is 2.28. The SMILES string of the molecule is CC(C)(CO)CNC(=O)Nc1ccccc1F. The van der Waals surface area contributed by atoms with Gasteiger partial charge >= 0.3 is 6.03 Å². The monoisotopic (exact) mass is 240 g/mol. The van der Waals surface area contributed by atoms with Gasteiger partial charge in [-0.15, -0.1) is 0 Å². The Morgan fingerprint density at radius 1 is 1.41 bits per heavy atom. The maximum absolute atomic E-state index is 13.2. The lowest BCUT2D eigenvalue weighted by molar-refractivity contribution is 0.158. The van der Waals surface area contributed by atoms with Crippen LogP contribution < -0.4 is 10.6 Å². The van der Waals surface area contributed by atoms with Crippen molar-refractivity contribution in [3.63, 3.8) is 0 Å². The fourth-order valence-electron chi connectivity index (χ4n) is 1.10. The molecule has 17 heavy (non-hydrogen) atoms. The molecule has 94 valence electrons. The molecule has 0 bridgehead atoms. The van der Waals surface area contributed by atoms with E-state index in [1.807, 2.05) is 13.8 Å². The number of hydrogen-bond acceptors (Lipinski definition) is 2. The molecule has 0 saturated carbocycles. The van der Waals surface area contributed by atoms with Crippen LogP contribution in [0.5, 0.6) is 0 Å². The quantitative estimate of drug-likeness (QED) is 0.753. The molecular weight excluding hydrogens is 223 g/mol. The van der Waals surface area contributed by atoms with Crippen LogP contribution in [0, 0.1) is 11.2 Å². The molecule has 0 aliphatic heterocycles. The van der Waals surface area contributed by atoms with Gasteiger partial charge in [0.1, 0.15) is 5.82 Å². The number of benzene rings is 1. The van der Waals surface area contributed by atoms with Crippen LogP contribution in [0.15, 0.2) is 24.3 Å². The van der Waals surface area contributed by atoms with Gasteiger partial charge < -0.3 is 15.7 Å². The van der Waals surface area contributed by atoms with Crippen LogP contribution in [0.25, 0.3) is 0 Å². The maximum Gasteiger partial charge on any atom is 0.319 e. The highest BCUT2D eigenvalue weighted by Crippen LogP contribution is 2.13. The molecule has 5 heteroatoms. The third-order valence-electron chi connectivity index (χ3n) is 2.28. The zero-order valence-corrected chi connectivity index (χ0v) is 9.96. The third kappa shape index (κ3) is 4.40. The number of amides is 2. The Labute approximate surface area is 99.8 Å². The molecule has 0 fully saturated rings. The van der Waals surface area contributed by atoms with E-state index < -0.39 is 17.3 Å². The van der Waals surface area contributed by atoms with Gasteiger partial charge in [0.05, 0.1) is 5.69 Å². The first kappa shape index (κ1) is 13.4. The second-order valence-corrected chi connectivity index (χ2v) is 4.61. The Bertz CT molecular complexity index is 394. The minimum absolute atomic E-state index is 0.0347. The number of urea groups is 1. The lowest BCUT2D eigenvalue weighted by atomic mass is 9.95. The van der Waals surface area contributed by atoms with Gasteiger partial charge in [0.25, 0.3) is 0 Å². The van der Waals surface area contributed by atoms with E-state index in [2.05, 4.69) is 10.6 Å². The Hall–Kier alpha value is -1.62. The predicted molar refractivity (Wildman–Crippen MR) is 64.3 cm³/mol. The van der Waals surface area contributed by atoms with E-state index in [-0.39, 0.29) is 12.3 Å². The molecule has 1 rings (SSSR count). The molecule has 0 aromatic heterocycles. The van der Waals surface area contributed by atoms with E-state index in [9.17, 15) is 9.18 Å². The Morgan fingerprint density at radius 2 is 2.06 bits per heavy atom.